The molecule has 3 rings (SSSR count). The predicted octanol–water partition coefficient (Wildman–Crippen LogP) is 3.49. The Bertz CT molecular complexity index is 937. The van der Waals surface area contributed by atoms with Gasteiger partial charge in [-0.1, -0.05) is 42.5 Å². The Kier molecular flexibility index (Phi) is 5.27. The second-order valence-electron chi connectivity index (χ2n) is 5.94. The van der Waals surface area contributed by atoms with E-state index in [2.05, 4.69) is 5.32 Å². The molecule has 0 fully saturated rings. The highest BCUT2D eigenvalue weighted by Crippen LogP contribution is 2.17. The van der Waals surface area contributed by atoms with Gasteiger partial charge < -0.3 is 10.1 Å². The van der Waals surface area contributed by atoms with Gasteiger partial charge in [0.05, 0.1) is 7.11 Å². The summed E-state index contributed by atoms with van der Waals surface area (Å²) in [5.41, 5.74) is 1.18. The lowest BCUT2D eigenvalue weighted by molar-refractivity contribution is -0.142. The molecule has 3 aromatic carbocycles. The highest BCUT2D eigenvalue weighted by Gasteiger charge is 2.22. The van der Waals surface area contributed by atoms with Gasteiger partial charge in [0.15, 0.2) is 0 Å². The summed E-state index contributed by atoms with van der Waals surface area (Å²) >= 11 is 0. The number of amides is 1. The number of nitrogens with one attached hydrogen (secondary N) is 1. The molecule has 0 bridgehead atoms. The van der Waals surface area contributed by atoms with Crippen molar-refractivity contribution in [2.45, 2.75) is 12.5 Å². The quantitative estimate of drug-likeness (QED) is 0.716. The maximum atomic E-state index is 13.0. The van der Waals surface area contributed by atoms with Gasteiger partial charge in [-0.15, -0.1) is 0 Å². The first-order valence-electron chi connectivity index (χ1n) is 8.19. The predicted molar refractivity (Wildman–Crippen MR) is 97.3 cm³/mol. The molecule has 26 heavy (non-hydrogen) atoms. The van der Waals surface area contributed by atoms with E-state index >= 15 is 0 Å². The van der Waals surface area contributed by atoms with Crippen LogP contribution in [0, 0.1) is 5.82 Å². The van der Waals surface area contributed by atoms with E-state index in [1.165, 1.54) is 31.4 Å². The van der Waals surface area contributed by atoms with E-state index in [4.69, 9.17) is 4.74 Å². The van der Waals surface area contributed by atoms with Crippen molar-refractivity contribution < 1.29 is 18.7 Å². The van der Waals surface area contributed by atoms with E-state index in [1.54, 1.807) is 0 Å². The Morgan fingerprint density at radius 3 is 2.38 bits per heavy atom. The summed E-state index contributed by atoms with van der Waals surface area (Å²) in [4.78, 5) is 24.5. The van der Waals surface area contributed by atoms with Gasteiger partial charge >= 0.3 is 5.97 Å². The fourth-order valence-corrected chi connectivity index (χ4v) is 2.78. The van der Waals surface area contributed by atoms with Gasteiger partial charge in [0, 0.05) is 12.0 Å². The molecule has 4 nitrogen and oxygen atoms in total. The van der Waals surface area contributed by atoms with Crippen LogP contribution in [0.5, 0.6) is 0 Å². The number of carbonyl (C=O) groups excluding carboxylic acids is 2. The molecule has 5 heteroatoms. The van der Waals surface area contributed by atoms with Crippen molar-refractivity contribution >= 4 is 22.6 Å². The Balaban J connectivity index is 1.79. The third-order valence-electron chi connectivity index (χ3n) is 4.15. The molecule has 0 heterocycles. The van der Waals surface area contributed by atoms with E-state index in [-0.39, 0.29) is 5.56 Å². The summed E-state index contributed by atoms with van der Waals surface area (Å²) < 4.78 is 17.8. The number of benzene rings is 3. The fourth-order valence-electron chi connectivity index (χ4n) is 2.78. The van der Waals surface area contributed by atoms with Crippen LogP contribution in [0.2, 0.25) is 0 Å². The van der Waals surface area contributed by atoms with E-state index in [1.807, 2.05) is 42.5 Å². The zero-order valence-corrected chi connectivity index (χ0v) is 14.2. The average Bonchev–Trinajstić information content (AvgIpc) is 2.67. The molecule has 0 aliphatic rings. The molecule has 1 amide bonds. The zero-order chi connectivity index (χ0) is 18.5. The molecular weight excluding hydrogens is 333 g/mol. The van der Waals surface area contributed by atoms with Crippen LogP contribution in [0.15, 0.2) is 66.7 Å². The SMILES string of the molecule is COC(=O)[C@@H](Cc1ccc2ccccc2c1)NC(=O)c1ccc(F)cc1. The third-order valence-corrected chi connectivity index (χ3v) is 4.15. The Hall–Kier alpha value is -3.21. The van der Waals surface area contributed by atoms with Crippen molar-refractivity contribution in [2.24, 2.45) is 0 Å². The Morgan fingerprint density at radius 1 is 1.00 bits per heavy atom. The van der Waals surface area contributed by atoms with Crippen molar-refractivity contribution in [3.63, 3.8) is 0 Å². The maximum absolute atomic E-state index is 13.0. The lowest BCUT2D eigenvalue weighted by atomic mass is 10.0. The summed E-state index contributed by atoms with van der Waals surface area (Å²) in [6.45, 7) is 0. The highest BCUT2D eigenvalue weighted by atomic mass is 19.1. The number of fused-ring (bicyclic) bond motifs is 1. The minimum atomic E-state index is -0.835. The van der Waals surface area contributed by atoms with Crippen molar-refractivity contribution in [1.82, 2.24) is 5.32 Å². The second-order valence-corrected chi connectivity index (χ2v) is 5.94. The number of methoxy groups -OCH3 is 1. The first kappa shape index (κ1) is 17.6. The number of esters is 1. The van der Waals surface area contributed by atoms with E-state index < -0.39 is 23.7 Å². The Morgan fingerprint density at radius 2 is 1.69 bits per heavy atom. The molecule has 1 atom stereocenters. The van der Waals surface area contributed by atoms with E-state index in [0.717, 1.165) is 16.3 Å². The molecule has 1 N–H and O–H groups in total. The summed E-state index contributed by atoms with van der Waals surface area (Å²) in [5, 5.41) is 4.82. The van der Waals surface area contributed by atoms with Crippen LogP contribution < -0.4 is 5.32 Å². The van der Waals surface area contributed by atoms with Crippen LogP contribution in [0.3, 0.4) is 0 Å². The Labute approximate surface area is 150 Å². The number of carbonyl (C=O) groups is 2. The zero-order valence-electron chi connectivity index (χ0n) is 14.2. The molecule has 0 saturated carbocycles. The molecule has 0 unspecified atom stereocenters. The smallest absolute Gasteiger partial charge is 0.328 e. The van der Waals surface area contributed by atoms with Gasteiger partial charge in [-0.25, -0.2) is 9.18 Å². The van der Waals surface area contributed by atoms with Crippen LogP contribution in [-0.2, 0) is 16.0 Å². The number of rotatable bonds is 5. The monoisotopic (exact) mass is 351 g/mol. The molecule has 0 aliphatic carbocycles. The summed E-state index contributed by atoms with van der Waals surface area (Å²) in [6.07, 6.45) is 0.296. The molecule has 0 spiro atoms. The molecule has 0 aromatic heterocycles. The van der Waals surface area contributed by atoms with Crippen LogP contribution in [-0.4, -0.2) is 25.0 Å². The molecule has 3 aromatic rings. The normalized spacial score (nSPS) is 11.8. The second kappa shape index (κ2) is 7.78. The van der Waals surface area contributed by atoms with Crippen molar-refractivity contribution in [1.29, 1.82) is 0 Å². The molecule has 0 aliphatic heterocycles. The number of hydrogen-bond acceptors (Lipinski definition) is 3. The average molecular weight is 351 g/mol. The molecule has 0 radical (unpaired) electrons. The summed E-state index contributed by atoms with van der Waals surface area (Å²) in [5.74, 6) is -1.42. The highest BCUT2D eigenvalue weighted by molar-refractivity contribution is 5.96. The maximum Gasteiger partial charge on any atom is 0.328 e. The standard InChI is InChI=1S/C21H18FNO3/c1-26-21(25)19(23-20(24)16-8-10-18(22)11-9-16)13-14-6-7-15-4-2-3-5-17(15)12-14/h2-12,19H,13H2,1H3,(H,23,24)/t19-/m1/s1. The van der Waals surface area contributed by atoms with Gasteiger partial charge in [-0.05, 0) is 40.6 Å². The van der Waals surface area contributed by atoms with Gasteiger partial charge in [0.1, 0.15) is 11.9 Å². The summed E-state index contributed by atoms with van der Waals surface area (Å²) in [7, 11) is 1.28. The van der Waals surface area contributed by atoms with E-state index in [9.17, 15) is 14.0 Å². The van der Waals surface area contributed by atoms with Gasteiger partial charge in [-0.2, -0.15) is 0 Å². The molecule has 0 saturated heterocycles. The van der Waals surface area contributed by atoms with Crippen LogP contribution in [0.4, 0.5) is 4.39 Å². The van der Waals surface area contributed by atoms with Crippen LogP contribution in [0.1, 0.15) is 15.9 Å². The summed E-state index contributed by atoms with van der Waals surface area (Å²) in [6, 6.07) is 18.1. The first-order chi connectivity index (χ1) is 12.6. The largest absolute Gasteiger partial charge is 0.467 e. The number of ether oxygens (including phenoxy) is 1. The van der Waals surface area contributed by atoms with Crippen LogP contribution >= 0.6 is 0 Å². The lowest BCUT2D eigenvalue weighted by Gasteiger charge is -2.17. The lowest BCUT2D eigenvalue weighted by Crippen LogP contribution is -2.43. The van der Waals surface area contributed by atoms with Crippen molar-refractivity contribution in [2.75, 3.05) is 7.11 Å². The van der Waals surface area contributed by atoms with Crippen molar-refractivity contribution in [3.05, 3.63) is 83.7 Å². The minimum Gasteiger partial charge on any atom is -0.467 e. The van der Waals surface area contributed by atoms with Gasteiger partial charge in [0.25, 0.3) is 5.91 Å². The van der Waals surface area contributed by atoms with Gasteiger partial charge in [0.2, 0.25) is 0 Å². The number of hydrogen-bond donors (Lipinski definition) is 1. The van der Waals surface area contributed by atoms with Crippen LogP contribution in [0.25, 0.3) is 10.8 Å². The topological polar surface area (TPSA) is 55.4 Å². The van der Waals surface area contributed by atoms with Crippen molar-refractivity contribution in [3.8, 4) is 0 Å². The fraction of sp³-hybridized carbons (Fsp3) is 0.143. The van der Waals surface area contributed by atoms with E-state index in [0.29, 0.717) is 6.42 Å². The first-order valence-corrected chi connectivity index (χ1v) is 8.19. The number of halogens is 1. The molecule has 132 valence electrons. The molecular formula is C21H18FNO3. The third kappa shape index (κ3) is 4.06. The minimum absolute atomic E-state index is 0.277. The van der Waals surface area contributed by atoms with Gasteiger partial charge in [-0.3, -0.25) is 4.79 Å².